The quantitative estimate of drug-likeness (QED) is 0.877. The van der Waals surface area contributed by atoms with Gasteiger partial charge in [-0.3, -0.25) is 0 Å². The smallest absolute Gasteiger partial charge is 0.127 e. The molecule has 1 saturated heterocycles. The predicted octanol–water partition coefficient (Wildman–Crippen LogP) is 3.59. The van der Waals surface area contributed by atoms with E-state index >= 15 is 0 Å². The summed E-state index contributed by atoms with van der Waals surface area (Å²) in [5.41, 5.74) is 2.09. The van der Waals surface area contributed by atoms with E-state index in [9.17, 15) is 4.39 Å². The lowest BCUT2D eigenvalue weighted by Gasteiger charge is -2.29. The van der Waals surface area contributed by atoms with Crippen LogP contribution in [0.15, 0.2) is 48.5 Å². The molecule has 1 aliphatic heterocycles. The minimum Gasteiger partial charge on any atom is -0.488 e. The fourth-order valence-corrected chi connectivity index (χ4v) is 3.01. The maximum absolute atomic E-state index is 13.6. The third-order valence-electron chi connectivity index (χ3n) is 4.57. The van der Waals surface area contributed by atoms with Crippen LogP contribution in [0.2, 0.25) is 0 Å². The molecule has 0 bridgehead atoms. The maximum Gasteiger partial charge on any atom is 0.127 e. The highest BCUT2D eigenvalue weighted by Crippen LogP contribution is 2.22. The standard InChI is InChI=1S/C20H25FN2O/c1-23-11-9-19(10-12-23)22-14-17-7-8-18(21)13-20(17)24-15-16-5-3-2-4-6-16/h2-8,13,19,22H,9-12,14-15H2,1H3. The molecule has 0 saturated carbocycles. The van der Waals surface area contributed by atoms with Gasteiger partial charge in [-0.1, -0.05) is 36.4 Å². The summed E-state index contributed by atoms with van der Waals surface area (Å²) >= 11 is 0. The Labute approximate surface area is 143 Å². The highest BCUT2D eigenvalue weighted by molar-refractivity contribution is 5.34. The van der Waals surface area contributed by atoms with Gasteiger partial charge >= 0.3 is 0 Å². The number of benzene rings is 2. The monoisotopic (exact) mass is 328 g/mol. The van der Waals surface area contributed by atoms with Gasteiger partial charge in [-0.15, -0.1) is 0 Å². The average Bonchev–Trinajstić information content (AvgIpc) is 2.61. The molecule has 0 aromatic heterocycles. The summed E-state index contributed by atoms with van der Waals surface area (Å²) in [6.07, 6.45) is 2.30. The van der Waals surface area contributed by atoms with Crippen molar-refractivity contribution < 1.29 is 9.13 Å². The van der Waals surface area contributed by atoms with Crippen molar-refractivity contribution in [1.82, 2.24) is 10.2 Å². The SMILES string of the molecule is CN1CCC(NCc2ccc(F)cc2OCc2ccccc2)CC1. The van der Waals surface area contributed by atoms with E-state index < -0.39 is 0 Å². The van der Waals surface area contributed by atoms with Crippen LogP contribution in [0.5, 0.6) is 5.75 Å². The third kappa shape index (κ3) is 4.79. The van der Waals surface area contributed by atoms with E-state index in [4.69, 9.17) is 4.74 Å². The summed E-state index contributed by atoms with van der Waals surface area (Å²) in [5.74, 6) is 0.361. The highest BCUT2D eigenvalue weighted by atomic mass is 19.1. The van der Waals surface area contributed by atoms with E-state index in [-0.39, 0.29) is 5.82 Å². The van der Waals surface area contributed by atoms with Gasteiger partial charge in [-0.2, -0.15) is 0 Å². The second-order valence-corrected chi connectivity index (χ2v) is 6.48. The summed E-state index contributed by atoms with van der Waals surface area (Å²) in [6, 6.07) is 15.3. The first-order chi connectivity index (χ1) is 11.7. The summed E-state index contributed by atoms with van der Waals surface area (Å²) in [7, 11) is 2.16. The normalized spacial score (nSPS) is 16.2. The Hall–Kier alpha value is -1.91. The Morgan fingerprint density at radius 1 is 1.12 bits per heavy atom. The second kappa shape index (κ2) is 8.27. The zero-order valence-electron chi connectivity index (χ0n) is 14.2. The van der Waals surface area contributed by atoms with Crippen LogP contribution in [-0.4, -0.2) is 31.1 Å². The molecule has 0 spiro atoms. The Kier molecular flexibility index (Phi) is 5.83. The van der Waals surface area contributed by atoms with Crippen LogP contribution < -0.4 is 10.1 Å². The van der Waals surface area contributed by atoms with Crippen molar-refractivity contribution in [2.24, 2.45) is 0 Å². The summed E-state index contributed by atoms with van der Waals surface area (Å²) in [5, 5.41) is 3.59. The zero-order valence-corrected chi connectivity index (χ0v) is 14.2. The molecule has 2 aromatic carbocycles. The fraction of sp³-hybridized carbons (Fsp3) is 0.400. The molecule has 0 atom stereocenters. The number of nitrogens with one attached hydrogen (secondary N) is 1. The minimum atomic E-state index is -0.263. The molecule has 0 unspecified atom stereocenters. The number of ether oxygens (including phenoxy) is 1. The van der Waals surface area contributed by atoms with Crippen molar-refractivity contribution in [2.75, 3.05) is 20.1 Å². The van der Waals surface area contributed by atoms with Crippen LogP contribution in [0.4, 0.5) is 4.39 Å². The van der Waals surface area contributed by atoms with Gasteiger partial charge in [0.05, 0.1) is 0 Å². The molecule has 1 N–H and O–H groups in total. The molecule has 128 valence electrons. The van der Waals surface area contributed by atoms with Crippen molar-refractivity contribution in [3.8, 4) is 5.75 Å². The van der Waals surface area contributed by atoms with Crippen LogP contribution >= 0.6 is 0 Å². The van der Waals surface area contributed by atoms with Gasteiger partial charge in [0.2, 0.25) is 0 Å². The zero-order chi connectivity index (χ0) is 16.8. The minimum absolute atomic E-state index is 0.263. The largest absolute Gasteiger partial charge is 0.488 e. The van der Waals surface area contributed by atoms with Crippen molar-refractivity contribution in [3.05, 3.63) is 65.5 Å². The van der Waals surface area contributed by atoms with E-state index in [2.05, 4.69) is 17.3 Å². The van der Waals surface area contributed by atoms with Gasteiger partial charge in [0.25, 0.3) is 0 Å². The van der Waals surface area contributed by atoms with E-state index in [0.29, 0.717) is 24.9 Å². The third-order valence-corrected chi connectivity index (χ3v) is 4.57. The van der Waals surface area contributed by atoms with E-state index in [1.807, 2.05) is 36.4 Å². The number of piperidine rings is 1. The van der Waals surface area contributed by atoms with Crippen molar-refractivity contribution in [3.63, 3.8) is 0 Å². The lowest BCUT2D eigenvalue weighted by Crippen LogP contribution is -2.40. The van der Waals surface area contributed by atoms with E-state index in [1.165, 1.54) is 12.1 Å². The van der Waals surface area contributed by atoms with Crippen molar-refractivity contribution in [1.29, 1.82) is 0 Å². The fourth-order valence-electron chi connectivity index (χ4n) is 3.01. The lowest BCUT2D eigenvalue weighted by atomic mass is 10.0. The van der Waals surface area contributed by atoms with Gasteiger partial charge in [0.1, 0.15) is 18.2 Å². The molecule has 0 radical (unpaired) electrons. The van der Waals surface area contributed by atoms with Gasteiger partial charge in [0.15, 0.2) is 0 Å². The van der Waals surface area contributed by atoms with Gasteiger partial charge in [-0.25, -0.2) is 4.39 Å². The predicted molar refractivity (Wildman–Crippen MR) is 94.5 cm³/mol. The van der Waals surface area contributed by atoms with Crippen LogP contribution in [-0.2, 0) is 13.2 Å². The number of hydrogen-bond acceptors (Lipinski definition) is 3. The number of halogens is 1. The summed E-state index contributed by atoms with van der Waals surface area (Å²) in [6.45, 7) is 3.40. The van der Waals surface area contributed by atoms with Crippen LogP contribution in [0, 0.1) is 5.82 Å². The molecule has 4 heteroatoms. The first-order valence-electron chi connectivity index (χ1n) is 8.58. The molecule has 0 aliphatic carbocycles. The number of rotatable bonds is 6. The number of nitrogens with zero attached hydrogens (tertiary/aromatic N) is 1. The Morgan fingerprint density at radius 2 is 1.88 bits per heavy atom. The summed E-state index contributed by atoms with van der Waals surface area (Å²) < 4.78 is 19.5. The maximum atomic E-state index is 13.6. The first-order valence-corrected chi connectivity index (χ1v) is 8.58. The van der Waals surface area contributed by atoms with Gasteiger partial charge in [0, 0.05) is 24.2 Å². The molecule has 3 nitrogen and oxygen atoms in total. The van der Waals surface area contributed by atoms with Gasteiger partial charge in [-0.05, 0) is 44.6 Å². The Balaban J connectivity index is 1.60. The van der Waals surface area contributed by atoms with E-state index in [0.717, 1.165) is 37.1 Å². The molecule has 0 amide bonds. The Morgan fingerprint density at radius 3 is 2.62 bits per heavy atom. The molecule has 1 aliphatic rings. The molecule has 1 fully saturated rings. The van der Waals surface area contributed by atoms with Crippen LogP contribution in [0.25, 0.3) is 0 Å². The summed E-state index contributed by atoms with van der Waals surface area (Å²) in [4.78, 5) is 2.35. The molecule has 1 heterocycles. The average molecular weight is 328 g/mol. The molecular weight excluding hydrogens is 303 g/mol. The molecule has 24 heavy (non-hydrogen) atoms. The second-order valence-electron chi connectivity index (χ2n) is 6.48. The topological polar surface area (TPSA) is 24.5 Å². The van der Waals surface area contributed by atoms with Gasteiger partial charge < -0.3 is 15.0 Å². The number of hydrogen-bond donors (Lipinski definition) is 1. The van der Waals surface area contributed by atoms with Crippen molar-refractivity contribution in [2.45, 2.75) is 32.0 Å². The molecular formula is C20H25FN2O. The van der Waals surface area contributed by atoms with Crippen LogP contribution in [0.1, 0.15) is 24.0 Å². The first kappa shape index (κ1) is 16.9. The van der Waals surface area contributed by atoms with Crippen molar-refractivity contribution >= 4 is 0 Å². The van der Waals surface area contributed by atoms with Crippen LogP contribution in [0.3, 0.4) is 0 Å². The highest BCUT2D eigenvalue weighted by Gasteiger charge is 2.16. The Bertz CT molecular complexity index is 639. The number of likely N-dealkylation sites (tertiary alicyclic amines) is 1. The lowest BCUT2D eigenvalue weighted by molar-refractivity contribution is 0.233. The van der Waals surface area contributed by atoms with E-state index in [1.54, 1.807) is 0 Å². The molecule has 2 aromatic rings. The molecule has 3 rings (SSSR count).